The fourth-order valence-corrected chi connectivity index (χ4v) is 1.73. The van der Waals surface area contributed by atoms with Crippen LogP contribution in [0.1, 0.15) is 0 Å². The van der Waals surface area contributed by atoms with Crippen molar-refractivity contribution in [2.24, 2.45) is 0 Å². The van der Waals surface area contributed by atoms with Gasteiger partial charge in [-0.1, -0.05) is 18.2 Å². The van der Waals surface area contributed by atoms with Crippen molar-refractivity contribution in [3.63, 3.8) is 0 Å². The van der Waals surface area contributed by atoms with Crippen molar-refractivity contribution in [1.82, 2.24) is 10.6 Å². The maximum Gasteiger partial charge on any atom is 0.331 e. The first-order valence-corrected chi connectivity index (χ1v) is 5.97. The summed E-state index contributed by atoms with van der Waals surface area (Å²) in [6.07, 6.45) is 0. The molecule has 0 aliphatic carbocycles. The molecule has 0 unspecified atom stereocenters. The largest absolute Gasteiger partial charge is 0.484 e. The predicted octanol–water partition coefficient (Wildman–Crippen LogP) is -0.778. The van der Waals surface area contributed by atoms with Crippen LogP contribution in [-0.4, -0.2) is 43.6 Å². The van der Waals surface area contributed by atoms with Crippen molar-refractivity contribution in [3.8, 4) is 5.75 Å². The van der Waals surface area contributed by atoms with Gasteiger partial charge in [0.25, 0.3) is 5.91 Å². The molecule has 1 aliphatic heterocycles. The van der Waals surface area contributed by atoms with Crippen LogP contribution in [0.4, 0.5) is 0 Å². The summed E-state index contributed by atoms with van der Waals surface area (Å²) in [4.78, 5) is 34.2. The average Bonchev–Trinajstić information content (AvgIpc) is 2.48. The van der Waals surface area contributed by atoms with Crippen LogP contribution in [0, 0.1) is 0 Å². The lowest BCUT2D eigenvalue weighted by atomic mass is 9.99. The van der Waals surface area contributed by atoms with Crippen molar-refractivity contribution >= 4 is 17.8 Å². The lowest BCUT2D eigenvalue weighted by Crippen LogP contribution is -2.72. The molecule has 1 saturated heterocycles. The highest BCUT2D eigenvalue weighted by atomic mass is 16.5. The normalized spacial score (nSPS) is 20.4. The van der Waals surface area contributed by atoms with E-state index in [1.165, 1.54) is 7.11 Å². The van der Waals surface area contributed by atoms with E-state index in [4.69, 9.17) is 4.74 Å². The van der Waals surface area contributed by atoms with Crippen molar-refractivity contribution in [2.45, 2.75) is 12.1 Å². The number of nitrogens with one attached hydrogen (secondary N) is 2. The SMILES string of the molecule is COC(=O)[C@H]1NC(=O)[C@H]1NC(=O)COc1ccccc1. The number of methoxy groups -OCH3 is 1. The lowest BCUT2D eigenvalue weighted by molar-refractivity contribution is -0.154. The molecule has 0 aromatic heterocycles. The quantitative estimate of drug-likeness (QED) is 0.544. The first kappa shape index (κ1) is 13.9. The fourth-order valence-electron chi connectivity index (χ4n) is 1.73. The van der Waals surface area contributed by atoms with Crippen LogP contribution in [-0.2, 0) is 19.1 Å². The molecule has 0 radical (unpaired) electrons. The number of hydrogen-bond acceptors (Lipinski definition) is 5. The van der Waals surface area contributed by atoms with Crippen molar-refractivity contribution in [2.75, 3.05) is 13.7 Å². The van der Waals surface area contributed by atoms with E-state index in [0.29, 0.717) is 5.75 Å². The third-order valence-corrected chi connectivity index (χ3v) is 2.80. The maximum atomic E-state index is 11.7. The Morgan fingerprint density at radius 2 is 2.00 bits per heavy atom. The minimum Gasteiger partial charge on any atom is -0.484 e. The summed E-state index contributed by atoms with van der Waals surface area (Å²) in [7, 11) is 1.21. The van der Waals surface area contributed by atoms with Crippen LogP contribution in [0.3, 0.4) is 0 Å². The van der Waals surface area contributed by atoms with Crippen LogP contribution in [0.25, 0.3) is 0 Å². The van der Waals surface area contributed by atoms with Crippen molar-refractivity contribution in [3.05, 3.63) is 30.3 Å². The van der Waals surface area contributed by atoms with Crippen molar-refractivity contribution in [1.29, 1.82) is 0 Å². The van der Waals surface area contributed by atoms with Gasteiger partial charge in [-0.3, -0.25) is 9.59 Å². The zero-order valence-corrected chi connectivity index (χ0v) is 10.8. The summed E-state index contributed by atoms with van der Waals surface area (Å²) in [6.45, 7) is -0.234. The first-order chi connectivity index (χ1) is 9.61. The van der Waals surface area contributed by atoms with Gasteiger partial charge in [-0.05, 0) is 12.1 Å². The fraction of sp³-hybridized carbons (Fsp3) is 0.308. The van der Waals surface area contributed by atoms with Gasteiger partial charge in [0.2, 0.25) is 5.91 Å². The molecule has 0 bridgehead atoms. The van der Waals surface area contributed by atoms with Gasteiger partial charge in [0.15, 0.2) is 12.6 Å². The van der Waals surface area contributed by atoms with Gasteiger partial charge in [0.1, 0.15) is 11.8 Å². The molecule has 0 saturated carbocycles. The molecule has 1 fully saturated rings. The monoisotopic (exact) mass is 278 g/mol. The average molecular weight is 278 g/mol. The molecular formula is C13H14N2O5. The zero-order valence-electron chi connectivity index (χ0n) is 10.8. The molecule has 1 aromatic rings. The molecule has 1 heterocycles. The smallest absolute Gasteiger partial charge is 0.331 e. The molecule has 2 N–H and O–H groups in total. The van der Waals surface area contributed by atoms with Crippen LogP contribution in [0.5, 0.6) is 5.75 Å². The lowest BCUT2D eigenvalue weighted by Gasteiger charge is -2.34. The van der Waals surface area contributed by atoms with Crippen molar-refractivity contribution < 1.29 is 23.9 Å². The van der Waals surface area contributed by atoms with E-state index in [2.05, 4.69) is 15.4 Å². The number of benzene rings is 1. The van der Waals surface area contributed by atoms with Crippen LogP contribution in [0.15, 0.2) is 30.3 Å². The Morgan fingerprint density at radius 1 is 1.30 bits per heavy atom. The van der Waals surface area contributed by atoms with Crippen LogP contribution >= 0.6 is 0 Å². The number of β-lactam (4-membered cyclic amide) rings is 1. The van der Waals surface area contributed by atoms with E-state index in [1.54, 1.807) is 24.3 Å². The molecule has 0 spiro atoms. The Bertz CT molecular complexity index is 517. The minimum absolute atomic E-state index is 0.234. The first-order valence-electron chi connectivity index (χ1n) is 5.97. The highest BCUT2D eigenvalue weighted by Crippen LogP contribution is 2.09. The van der Waals surface area contributed by atoms with Gasteiger partial charge in [0.05, 0.1) is 7.11 Å². The summed E-state index contributed by atoms with van der Waals surface area (Å²) in [5.74, 6) is -0.958. The third-order valence-electron chi connectivity index (χ3n) is 2.80. The summed E-state index contributed by atoms with van der Waals surface area (Å²) < 4.78 is 9.74. The van der Waals surface area contributed by atoms with Crippen LogP contribution in [0.2, 0.25) is 0 Å². The second-order valence-electron chi connectivity index (χ2n) is 4.16. The second-order valence-corrected chi connectivity index (χ2v) is 4.16. The second kappa shape index (κ2) is 6.05. The number of hydrogen-bond donors (Lipinski definition) is 2. The van der Waals surface area contributed by atoms with Gasteiger partial charge in [-0.2, -0.15) is 0 Å². The molecule has 2 amide bonds. The molecule has 106 valence electrons. The molecule has 1 aromatic carbocycles. The number of amides is 2. The number of carbonyl (C=O) groups is 3. The molecule has 20 heavy (non-hydrogen) atoms. The zero-order chi connectivity index (χ0) is 14.5. The van der Waals surface area contributed by atoms with Crippen LogP contribution < -0.4 is 15.4 Å². The number of rotatable bonds is 5. The van der Waals surface area contributed by atoms with E-state index >= 15 is 0 Å². The Labute approximate surface area is 115 Å². The third kappa shape index (κ3) is 3.05. The van der Waals surface area contributed by atoms with E-state index < -0.39 is 29.9 Å². The summed E-state index contributed by atoms with van der Waals surface area (Å²) in [5.41, 5.74) is 0. The van der Waals surface area contributed by atoms with Gasteiger partial charge in [-0.15, -0.1) is 0 Å². The summed E-state index contributed by atoms with van der Waals surface area (Å²) >= 11 is 0. The molecular weight excluding hydrogens is 264 g/mol. The number of ether oxygens (including phenoxy) is 2. The standard InChI is InChI=1S/C13H14N2O5/c1-19-13(18)11-10(12(17)15-11)14-9(16)7-20-8-5-3-2-4-6-8/h2-6,10-11H,7H2,1H3,(H,14,16)(H,15,17)/t10-,11-/m0/s1. The number of para-hydroxylation sites is 1. The highest BCUT2D eigenvalue weighted by Gasteiger charge is 2.45. The molecule has 1 aliphatic rings. The molecule has 7 heteroatoms. The van der Waals surface area contributed by atoms with Gasteiger partial charge in [0, 0.05) is 0 Å². The number of carbonyl (C=O) groups excluding carboxylic acids is 3. The van der Waals surface area contributed by atoms with E-state index in [1.807, 2.05) is 6.07 Å². The Morgan fingerprint density at radius 3 is 2.60 bits per heavy atom. The molecule has 2 atom stereocenters. The van der Waals surface area contributed by atoms with E-state index in [9.17, 15) is 14.4 Å². The van der Waals surface area contributed by atoms with Gasteiger partial charge in [-0.25, -0.2) is 4.79 Å². The predicted molar refractivity (Wildman–Crippen MR) is 67.8 cm³/mol. The van der Waals surface area contributed by atoms with Gasteiger partial charge >= 0.3 is 5.97 Å². The van der Waals surface area contributed by atoms with Gasteiger partial charge < -0.3 is 20.1 Å². The Balaban J connectivity index is 1.82. The molecule has 7 nitrogen and oxygen atoms in total. The Hall–Kier alpha value is -2.57. The summed E-state index contributed by atoms with van der Waals surface area (Å²) in [5, 5.41) is 4.78. The highest BCUT2D eigenvalue weighted by molar-refractivity contribution is 6.02. The number of esters is 1. The maximum absolute atomic E-state index is 11.7. The Kier molecular flexibility index (Phi) is 4.19. The summed E-state index contributed by atoms with van der Waals surface area (Å²) in [6, 6.07) is 7.05. The van der Waals surface area contributed by atoms with E-state index in [0.717, 1.165) is 0 Å². The topological polar surface area (TPSA) is 93.7 Å². The molecule has 2 rings (SSSR count). The van der Waals surface area contributed by atoms with E-state index in [-0.39, 0.29) is 6.61 Å². The minimum atomic E-state index is -0.908.